The van der Waals surface area contributed by atoms with Gasteiger partial charge in [0.2, 0.25) is 0 Å². The van der Waals surface area contributed by atoms with Gasteiger partial charge in [-0.05, 0) is 7.05 Å². The zero-order chi connectivity index (χ0) is 11.0. The molecule has 2 rings (SSSR count). The highest BCUT2D eigenvalue weighted by Gasteiger charge is 2.43. The third-order valence-electron chi connectivity index (χ3n) is 2.25. The van der Waals surface area contributed by atoms with Gasteiger partial charge in [0, 0.05) is 26.2 Å². The largest absolute Gasteiger partial charge is 0.370 e. The summed E-state index contributed by atoms with van der Waals surface area (Å²) < 4.78 is 5.67. The lowest BCUT2D eigenvalue weighted by molar-refractivity contribution is -0.148. The fourth-order valence-corrected chi connectivity index (χ4v) is 1.85. The van der Waals surface area contributed by atoms with E-state index in [2.05, 4.69) is 17.3 Å². The number of hydrogen-bond donors (Lipinski definition) is 1. The number of hydrogen-bond acceptors (Lipinski definition) is 3. The predicted molar refractivity (Wildman–Crippen MR) is 61.7 cm³/mol. The molecule has 2 aliphatic heterocycles. The minimum atomic E-state index is 0.188. The second kappa shape index (κ2) is 7.21. The van der Waals surface area contributed by atoms with E-state index in [9.17, 15) is 0 Å². The third-order valence-corrected chi connectivity index (χ3v) is 2.25. The minimum Gasteiger partial charge on any atom is -0.370 e. The molecular formula is C11H26N2O. The van der Waals surface area contributed by atoms with E-state index in [1.165, 1.54) is 0 Å². The van der Waals surface area contributed by atoms with E-state index < -0.39 is 0 Å². The number of morpholine rings is 1. The molecule has 3 nitrogen and oxygen atoms in total. The van der Waals surface area contributed by atoms with Gasteiger partial charge in [0.25, 0.3) is 0 Å². The number of ether oxygens (including phenoxy) is 1. The molecule has 0 bridgehead atoms. The second-order valence-electron chi connectivity index (χ2n) is 3.38. The Morgan fingerprint density at radius 2 is 1.71 bits per heavy atom. The van der Waals surface area contributed by atoms with Gasteiger partial charge in [0.05, 0.1) is 6.61 Å². The first kappa shape index (κ1) is 13.9. The molecule has 0 aromatic rings. The van der Waals surface area contributed by atoms with Crippen molar-refractivity contribution in [2.75, 3.05) is 39.8 Å². The van der Waals surface area contributed by atoms with E-state index in [1.54, 1.807) is 0 Å². The number of nitrogens with zero attached hydrogens (tertiary/aromatic N) is 1. The Morgan fingerprint density at radius 3 is 2.07 bits per heavy atom. The topological polar surface area (TPSA) is 24.5 Å². The Balaban J connectivity index is 0.000000379. The van der Waals surface area contributed by atoms with Crippen LogP contribution in [-0.4, -0.2) is 50.3 Å². The minimum absolute atomic E-state index is 0.188. The van der Waals surface area contributed by atoms with Crippen LogP contribution in [0.25, 0.3) is 0 Å². The average molecular weight is 202 g/mol. The molecular weight excluding hydrogens is 176 g/mol. The molecule has 2 fully saturated rings. The Kier molecular flexibility index (Phi) is 7.15. The highest BCUT2D eigenvalue weighted by atomic mass is 16.5. The van der Waals surface area contributed by atoms with Gasteiger partial charge >= 0.3 is 0 Å². The first-order chi connectivity index (χ1) is 6.81. The van der Waals surface area contributed by atoms with Crippen molar-refractivity contribution in [2.24, 2.45) is 0 Å². The van der Waals surface area contributed by atoms with Crippen LogP contribution < -0.4 is 5.32 Å². The standard InChI is InChI=1S/C7H14N2O.2C2H6/c1-9-5-7(6-9)4-8-2-3-10-7;2*1-2/h8H,2-6H2,1H3;2*1-2H3. The Labute approximate surface area is 88.8 Å². The third kappa shape index (κ3) is 3.56. The summed E-state index contributed by atoms with van der Waals surface area (Å²) in [7, 11) is 2.13. The summed E-state index contributed by atoms with van der Waals surface area (Å²) in [6.07, 6.45) is 0. The summed E-state index contributed by atoms with van der Waals surface area (Å²) in [6, 6.07) is 0. The van der Waals surface area contributed by atoms with E-state index in [0.717, 1.165) is 32.8 Å². The zero-order valence-corrected chi connectivity index (χ0v) is 10.4. The van der Waals surface area contributed by atoms with Gasteiger partial charge in [-0.2, -0.15) is 0 Å². The molecule has 0 aromatic heterocycles. The van der Waals surface area contributed by atoms with E-state index in [4.69, 9.17) is 4.74 Å². The maximum Gasteiger partial charge on any atom is 0.106 e. The summed E-state index contributed by atoms with van der Waals surface area (Å²) in [5.41, 5.74) is 0.188. The quantitative estimate of drug-likeness (QED) is 0.641. The molecule has 1 N–H and O–H groups in total. The van der Waals surface area contributed by atoms with Crippen LogP contribution in [0.5, 0.6) is 0 Å². The number of nitrogens with one attached hydrogen (secondary N) is 1. The molecule has 2 aliphatic rings. The molecule has 0 aromatic carbocycles. The van der Waals surface area contributed by atoms with Crippen molar-refractivity contribution in [1.29, 1.82) is 0 Å². The summed E-state index contributed by atoms with van der Waals surface area (Å²) in [4.78, 5) is 2.28. The number of likely N-dealkylation sites (tertiary alicyclic amines) is 1. The Bertz CT molecular complexity index is 118. The van der Waals surface area contributed by atoms with Gasteiger partial charge in [-0.1, -0.05) is 27.7 Å². The molecule has 0 radical (unpaired) electrons. The van der Waals surface area contributed by atoms with Crippen LogP contribution in [0.3, 0.4) is 0 Å². The van der Waals surface area contributed by atoms with E-state index >= 15 is 0 Å². The van der Waals surface area contributed by atoms with Crippen molar-refractivity contribution < 1.29 is 4.74 Å². The fourth-order valence-electron chi connectivity index (χ4n) is 1.85. The molecule has 14 heavy (non-hydrogen) atoms. The lowest BCUT2D eigenvalue weighted by atomic mass is 9.93. The average Bonchev–Trinajstić information content (AvgIpc) is 2.23. The first-order valence-electron chi connectivity index (χ1n) is 5.84. The molecule has 0 saturated carbocycles. The molecule has 3 heteroatoms. The molecule has 0 atom stereocenters. The summed E-state index contributed by atoms with van der Waals surface area (Å²) >= 11 is 0. The van der Waals surface area contributed by atoms with Gasteiger partial charge in [0.1, 0.15) is 5.60 Å². The lowest BCUT2D eigenvalue weighted by Gasteiger charge is -2.50. The number of likely N-dealkylation sites (N-methyl/N-ethyl adjacent to an activating group) is 1. The van der Waals surface area contributed by atoms with Gasteiger partial charge in [-0.25, -0.2) is 0 Å². The molecule has 1 spiro atoms. The van der Waals surface area contributed by atoms with Crippen molar-refractivity contribution in [3.8, 4) is 0 Å². The van der Waals surface area contributed by atoms with Crippen LogP contribution in [0.1, 0.15) is 27.7 Å². The maximum absolute atomic E-state index is 5.67. The Morgan fingerprint density at radius 1 is 1.14 bits per heavy atom. The number of rotatable bonds is 0. The summed E-state index contributed by atoms with van der Waals surface area (Å²) in [6.45, 7) is 13.1. The van der Waals surface area contributed by atoms with Crippen molar-refractivity contribution in [2.45, 2.75) is 33.3 Å². The molecule has 86 valence electrons. The van der Waals surface area contributed by atoms with Crippen LogP contribution in [0.2, 0.25) is 0 Å². The Hall–Kier alpha value is -0.120. The van der Waals surface area contributed by atoms with Gasteiger partial charge < -0.3 is 15.0 Å². The highest BCUT2D eigenvalue weighted by Crippen LogP contribution is 2.24. The summed E-state index contributed by atoms with van der Waals surface area (Å²) in [5.74, 6) is 0. The highest BCUT2D eigenvalue weighted by molar-refractivity contribution is 4.99. The normalized spacial score (nSPS) is 23.8. The molecule has 2 saturated heterocycles. The fraction of sp³-hybridized carbons (Fsp3) is 1.00. The van der Waals surface area contributed by atoms with Crippen molar-refractivity contribution in [3.05, 3.63) is 0 Å². The van der Waals surface area contributed by atoms with Crippen molar-refractivity contribution in [1.82, 2.24) is 10.2 Å². The SMILES string of the molecule is CC.CC.CN1CC2(CNCCO2)C1. The van der Waals surface area contributed by atoms with Crippen LogP contribution in [-0.2, 0) is 4.74 Å². The molecule has 2 heterocycles. The van der Waals surface area contributed by atoms with E-state index in [1.807, 2.05) is 27.7 Å². The van der Waals surface area contributed by atoms with E-state index in [0.29, 0.717) is 0 Å². The van der Waals surface area contributed by atoms with E-state index in [-0.39, 0.29) is 5.60 Å². The smallest absolute Gasteiger partial charge is 0.106 e. The van der Waals surface area contributed by atoms with Crippen molar-refractivity contribution >= 4 is 0 Å². The van der Waals surface area contributed by atoms with Crippen LogP contribution in [0.4, 0.5) is 0 Å². The molecule has 0 unspecified atom stereocenters. The molecule has 0 aliphatic carbocycles. The molecule has 0 amide bonds. The van der Waals surface area contributed by atoms with Crippen molar-refractivity contribution in [3.63, 3.8) is 0 Å². The van der Waals surface area contributed by atoms with Gasteiger partial charge in [0.15, 0.2) is 0 Å². The van der Waals surface area contributed by atoms with Gasteiger partial charge in [-0.3, -0.25) is 0 Å². The lowest BCUT2D eigenvalue weighted by Crippen LogP contribution is -2.68. The van der Waals surface area contributed by atoms with Crippen LogP contribution in [0, 0.1) is 0 Å². The zero-order valence-electron chi connectivity index (χ0n) is 10.4. The second-order valence-corrected chi connectivity index (χ2v) is 3.38. The summed E-state index contributed by atoms with van der Waals surface area (Å²) in [5, 5.41) is 3.35. The van der Waals surface area contributed by atoms with Crippen LogP contribution in [0.15, 0.2) is 0 Å². The van der Waals surface area contributed by atoms with Gasteiger partial charge in [-0.15, -0.1) is 0 Å². The maximum atomic E-state index is 5.67. The first-order valence-corrected chi connectivity index (χ1v) is 5.84. The van der Waals surface area contributed by atoms with Crippen LogP contribution >= 0.6 is 0 Å². The monoisotopic (exact) mass is 202 g/mol. The predicted octanol–water partition coefficient (Wildman–Crippen LogP) is 1.34.